The lowest BCUT2D eigenvalue weighted by Gasteiger charge is -2.08. The van der Waals surface area contributed by atoms with E-state index in [1.54, 1.807) is 0 Å². The van der Waals surface area contributed by atoms with Crippen LogP contribution in [0.25, 0.3) is 0 Å². The Bertz CT molecular complexity index is 572. The number of anilines is 1. The molecular weight excluding hydrogens is 282 g/mol. The summed E-state index contributed by atoms with van der Waals surface area (Å²) in [5.41, 5.74) is 0.548. The first-order chi connectivity index (χ1) is 8.95. The zero-order chi connectivity index (χ0) is 14.0. The van der Waals surface area contributed by atoms with Gasteiger partial charge in [-0.3, -0.25) is 0 Å². The molecule has 19 heavy (non-hydrogen) atoms. The van der Waals surface area contributed by atoms with Crippen LogP contribution in [-0.4, -0.2) is 0 Å². The normalized spacial score (nSPS) is 10.6. The van der Waals surface area contributed by atoms with E-state index >= 15 is 0 Å². The molecule has 2 aromatic carbocycles. The van der Waals surface area contributed by atoms with E-state index in [-0.39, 0.29) is 17.3 Å². The largest absolute Gasteiger partial charge is 0.381 e. The highest BCUT2D eigenvalue weighted by Gasteiger charge is 2.10. The number of hydrogen-bond acceptors (Lipinski definition) is 1. The van der Waals surface area contributed by atoms with Crippen LogP contribution in [0.2, 0.25) is 5.02 Å². The fourth-order valence-corrected chi connectivity index (χ4v) is 1.82. The summed E-state index contributed by atoms with van der Waals surface area (Å²) >= 11 is 5.67. The molecule has 100 valence electrons. The van der Waals surface area contributed by atoms with Crippen LogP contribution in [0.4, 0.5) is 23.2 Å². The second-order valence-electron chi connectivity index (χ2n) is 3.89. The molecule has 0 bridgehead atoms. The van der Waals surface area contributed by atoms with Crippen LogP contribution in [0, 0.1) is 23.3 Å². The van der Waals surface area contributed by atoms with Gasteiger partial charge in [-0.15, -0.1) is 0 Å². The Kier molecular flexibility index (Phi) is 3.95. The van der Waals surface area contributed by atoms with Gasteiger partial charge in [0.15, 0.2) is 17.5 Å². The highest BCUT2D eigenvalue weighted by Crippen LogP contribution is 2.19. The van der Waals surface area contributed by atoms with Crippen molar-refractivity contribution >= 4 is 17.3 Å². The standard InChI is InChI=1S/C13H8ClF4N/c14-8-1-7(2-9(15)3-8)6-19-10-4-11(16)13(18)12(17)5-10/h1-5,19H,6H2. The van der Waals surface area contributed by atoms with Crippen molar-refractivity contribution in [1.29, 1.82) is 0 Å². The first kappa shape index (κ1) is 13.7. The van der Waals surface area contributed by atoms with E-state index in [1.165, 1.54) is 12.1 Å². The van der Waals surface area contributed by atoms with Gasteiger partial charge in [0.25, 0.3) is 0 Å². The van der Waals surface area contributed by atoms with E-state index < -0.39 is 23.3 Å². The van der Waals surface area contributed by atoms with Crippen LogP contribution >= 0.6 is 11.6 Å². The van der Waals surface area contributed by atoms with E-state index in [2.05, 4.69) is 5.32 Å². The quantitative estimate of drug-likeness (QED) is 0.647. The zero-order valence-electron chi connectivity index (χ0n) is 9.48. The van der Waals surface area contributed by atoms with E-state index in [0.29, 0.717) is 5.56 Å². The lowest BCUT2D eigenvalue weighted by molar-refractivity contribution is 0.447. The summed E-state index contributed by atoms with van der Waals surface area (Å²) in [6.07, 6.45) is 0. The molecule has 1 N–H and O–H groups in total. The molecule has 2 aromatic rings. The van der Waals surface area contributed by atoms with E-state index in [0.717, 1.165) is 18.2 Å². The van der Waals surface area contributed by atoms with Crippen LogP contribution in [-0.2, 0) is 6.54 Å². The summed E-state index contributed by atoms with van der Waals surface area (Å²) in [6.45, 7) is 0.0992. The topological polar surface area (TPSA) is 12.0 Å². The highest BCUT2D eigenvalue weighted by molar-refractivity contribution is 6.30. The second-order valence-corrected chi connectivity index (χ2v) is 4.32. The van der Waals surface area contributed by atoms with Gasteiger partial charge in [0.05, 0.1) is 0 Å². The van der Waals surface area contributed by atoms with Gasteiger partial charge in [0.2, 0.25) is 0 Å². The maximum Gasteiger partial charge on any atom is 0.194 e. The molecule has 0 aliphatic carbocycles. The van der Waals surface area contributed by atoms with Crippen molar-refractivity contribution < 1.29 is 17.6 Å². The Morgan fingerprint density at radius 2 is 1.53 bits per heavy atom. The van der Waals surface area contributed by atoms with E-state index in [4.69, 9.17) is 11.6 Å². The Labute approximate surface area is 111 Å². The van der Waals surface area contributed by atoms with Crippen molar-refractivity contribution in [2.75, 3.05) is 5.32 Å². The molecule has 0 amide bonds. The minimum atomic E-state index is -1.53. The van der Waals surface area contributed by atoms with Gasteiger partial charge >= 0.3 is 0 Å². The average molecular weight is 290 g/mol. The van der Waals surface area contributed by atoms with Gasteiger partial charge < -0.3 is 5.32 Å². The van der Waals surface area contributed by atoms with Gasteiger partial charge in [-0.05, 0) is 23.8 Å². The van der Waals surface area contributed by atoms with Crippen LogP contribution in [0.5, 0.6) is 0 Å². The summed E-state index contributed by atoms with van der Waals surface area (Å²) in [5, 5.41) is 2.87. The molecule has 0 aliphatic rings. The predicted molar refractivity (Wildman–Crippen MR) is 65.1 cm³/mol. The summed E-state index contributed by atoms with van der Waals surface area (Å²) in [7, 11) is 0. The minimum absolute atomic E-state index is 0.0526. The van der Waals surface area contributed by atoms with Crippen LogP contribution in [0.1, 0.15) is 5.56 Å². The smallest absolute Gasteiger partial charge is 0.194 e. The van der Waals surface area contributed by atoms with Crippen molar-refractivity contribution in [3.05, 3.63) is 64.2 Å². The Morgan fingerprint density at radius 3 is 2.11 bits per heavy atom. The molecule has 0 saturated carbocycles. The summed E-state index contributed by atoms with van der Waals surface area (Å²) < 4.78 is 51.7. The molecule has 0 unspecified atom stereocenters. The Morgan fingerprint density at radius 1 is 0.895 bits per heavy atom. The number of hydrogen-bond donors (Lipinski definition) is 1. The molecule has 2 rings (SSSR count). The van der Waals surface area contributed by atoms with Gasteiger partial charge in [0.1, 0.15) is 5.82 Å². The molecule has 0 atom stereocenters. The fraction of sp³-hybridized carbons (Fsp3) is 0.0769. The monoisotopic (exact) mass is 289 g/mol. The maximum atomic E-state index is 13.1. The molecule has 6 heteroatoms. The number of benzene rings is 2. The molecule has 0 aromatic heterocycles. The number of halogens is 5. The van der Waals surface area contributed by atoms with Gasteiger partial charge in [-0.1, -0.05) is 11.6 Å². The fourth-order valence-electron chi connectivity index (χ4n) is 1.57. The molecule has 0 heterocycles. The molecule has 0 radical (unpaired) electrons. The zero-order valence-corrected chi connectivity index (χ0v) is 10.2. The first-order valence-electron chi connectivity index (χ1n) is 5.29. The number of rotatable bonds is 3. The van der Waals surface area contributed by atoms with Crippen molar-refractivity contribution in [3.63, 3.8) is 0 Å². The van der Waals surface area contributed by atoms with Crippen LogP contribution < -0.4 is 5.32 Å². The second kappa shape index (κ2) is 5.48. The Hall–Kier alpha value is -1.75. The van der Waals surface area contributed by atoms with Crippen molar-refractivity contribution in [1.82, 2.24) is 0 Å². The average Bonchev–Trinajstić information content (AvgIpc) is 2.32. The Balaban J connectivity index is 2.14. The molecule has 1 nitrogen and oxygen atoms in total. The molecule has 0 spiro atoms. The van der Waals surface area contributed by atoms with Gasteiger partial charge in [-0.2, -0.15) is 0 Å². The van der Waals surface area contributed by atoms with E-state index in [9.17, 15) is 17.6 Å². The third-order valence-corrected chi connectivity index (χ3v) is 2.62. The highest BCUT2D eigenvalue weighted by atomic mass is 35.5. The van der Waals surface area contributed by atoms with Crippen molar-refractivity contribution in [2.45, 2.75) is 6.54 Å². The maximum absolute atomic E-state index is 13.1. The third-order valence-electron chi connectivity index (χ3n) is 2.40. The molecule has 0 aliphatic heterocycles. The SMILES string of the molecule is Fc1cc(Cl)cc(CNc2cc(F)c(F)c(F)c2)c1. The lowest BCUT2D eigenvalue weighted by Crippen LogP contribution is -2.02. The minimum Gasteiger partial charge on any atom is -0.381 e. The summed E-state index contributed by atoms with van der Waals surface area (Å²) in [5.74, 6) is -4.63. The first-order valence-corrected chi connectivity index (χ1v) is 5.67. The summed E-state index contributed by atoms with van der Waals surface area (Å²) in [6, 6.07) is 5.52. The lowest BCUT2D eigenvalue weighted by atomic mass is 10.2. The van der Waals surface area contributed by atoms with Crippen molar-refractivity contribution in [2.24, 2.45) is 0 Å². The molecule has 0 saturated heterocycles. The molecule has 0 fully saturated rings. The molecular formula is C13H8ClF4N. The summed E-state index contributed by atoms with van der Waals surface area (Å²) in [4.78, 5) is 0. The van der Waals surface area contributed by atoms with Gasteiger partial charge in [-0.25, -0.2) is 17.6 Å². The number of nitrogens with one attached hydrogen (secondary N) is 1. The predicted octanol–water partition coefficient (Wildman–Crippen LogP) is 4.51. The van der Waals surface area contributed by atoms with Crippen LogP contribution in [0.3, 0.4) is 0 Å². The van der Waals surface area contributed by atoms with E-state index in [1.807, 2.05) is 0 Å². The van der Waals surface area contributed by atoms with Crippen LogP contribution in [0.15, 0.2) is 30.3 Å². The third kappa shape index (κ3) is 3.38. The van der Waals surface area contributed by atoms with Gasteiger partial charge in [0, 0.05) is 29.4 Å². The van der Waals surface area contributed by atoms with Crippen molar-refractivity contribution in [3.8, 4) is 0 Å².